The Morgan fingerprint density at radius 3 is 2.39 bits per heavy atom. The number of halogens is 1. The maximum absolute atomic E-state index is 14.9. The van der Waals surface area contributed by atoms with Crippen LogP contribution in [0.2, 0.25) is 0 Å². The maximum Gasteiger partial charge on any atom is 0.295 e. The third kappa shape index (κ3) is 3.71. The Labute approximate surface area is 189 Å². The van der Waals surface area contributed by atoms with Gasteiger partial charge in [0.25, 0.3) is 11.7 Å². The molecule has 0 spiro atoms. The van der Waals surface area contributed by atoms with Gasteiger partial charge in [0.1, 0.15) is 24.8 Å². The van der Waals surface area contributed by atoms with E-state index in [1.807, 2.05) is 30.3 Å². The Kier molecular flexibility index (Phi) is 5.30. The molecule has 1 amide bonds. The second kappa shape index (κ2) is 8.43. The van der Waals surface area contributed by atoms with Gasteiger partial charge >= 0.3 is 0 Å². The number of fused-ring (bicyclic) bond motifs is 1. The lowest BCUT2D eigenvalue weighted by atomic mass is 9.94. The number of benzene rings is 3. The van der Waals surface area contributed by atoms with Gasteiger partial charge in [-0.05, 0) is 29.8 Å². The van der Waals surface area contributed by atoms with Crippen LogP contribution in [0.15, 0.2) is 78.4 Å². The van der Waals surface area contributed by atoms with Gasteiger partial charge in [-0.3, -0.25) is 9.59 Å². The van der Waals surface area contributed by atoms with E-state index < -0.39 is 29.3 Å². The summed E-state index contributed by atoms with van der Waals surface area (Å²) in [5.74, 6) is -1.69. The largest absolute Gasteiger partial charge is 0.507 e. The van der Waals surface area contributed by atoms with Crippen molar-refractivity contribution in [2.75, 3.05) is 13.2 Å². The molecule has 166 valence electrons. The molecule has 1 saturated heterocycles. The molecule has 5 rings (SSSR count). The van der Waals surface area contributed by atoms with E-state index in [1.165, 1.54) is 23.1 Å². The van der Waals surface area contributed by atoms with E-state index in [-0.39, 0.29) is 23.2 Å². The monoisotopic (exact) mass is 445 g/mol. The summed E-state index contributed by atoms with van der Waals surface area (Å²) in [4.78, 5) is 27.5. The minimum absolute atomic E-state index is 0.0856. The van der Waals surface area contributed by atoms with Crippen molar-refractivity contribution < 1.29 is 28.6 Å². The van der Waals surface area contributed by atoms with Gasteiger partial charge in [0.15, 0.2) is 11.5 Å². The van der Waals surface area contributed by atoms with Crippen LogP contribution < -0.4 is 9.47 Å². The average Bonchev–Trinajstić information content (AvgIpc) is 3.09. The highest BCUT2D eigenvalue weighted by molar-refractivity contribution is 6.46. The number of carbonyl (C=O) groups excluding carboxylic acids is 2. The molecule has 1 fully saturated rings. The summed E-state index contributed by atoms with van der Waals surface area (Å²) in [5.41, 5.74) is 1.02. The number of amides is 1. The van der Waals surface area contributed by atoms with Crippen molar-refractivity contribution in [3.05, 3.63) is 101 Å². The second-order valence-corrected chi connectivity index (χ2v) is 7.79. The molecule has 0 bridgehead atoms. The molecule has 0 unspecified atom stereocenters. The van der Waals surface area contributed by atoms with Crippen molar-refractivity contribution >= 4 is 17.4 Å². The second-order valence-electron chi connectivity index (χ2n) is 7.79. The average molecular weight is 445 g/mol. The Hall–Kier alpha value is -4.13. The summed E-state index contributed by atoms with van der Waals surface area (Å²) in [5, 5.41) is 11.2. The zero-order valence-corrected chi connectivity index (χ0v) is 17.5. The van der Waals surface area contributed by atoms with Crippen LogP contribution in [-0.2, 0) is 16.1 Å². The van der Waals surface area contributed by atoms with Crippen LogP contribution in [0.5, 0.6) is 11.5 Å². The van der Waals surface area contributed by atoms with Crippen LogP contribution in [0, 0.1) is 5.82 Å². The lowest BCUT2D eigenvalue weighted by Gasteiger charge is -2.26. The van der Waals surface area contributed by atoms with Gasteiger partial charge in [-0.25, -0.2) is 4.39 Å². The summed E-state index contributed by atoms with van der Waals surface area (Å²) < 4.78 is 26.0. The molecule has 1 atom stereocenters. The van der Waals surface area contributed by atoms with Crippen LogP contribution in [0.3, 0.4) is 0 Å². The lowest BCUT2D eigenvalue weighted by Crippen LogP contribution is -2.29. The summed E-state index contributed by atoms with van der Waals surface area (Å²) in [6.45, 7) is 0.854. The molecule has 0 aliphatic carbocycles. The van der Waals surface area contributed by atoms with E-state index in [0.717, 1.165) is 5.56 Å². The third-order valence-electron chi connectivity index (χ3n) is 5.75. The Bertz CT molecular complexity index is 1270. The van der Waals surface area contributed by atoms with Crippen LogP contribution in [0.1, 0.15) is 22.7 Å². The van der Waals surface area contributed by atoms with E-state index in [9.17, 15) is 19.1 Å². The molecule has 2 aliphatic rings. The van der Waals surface area contributed by atoms with Gasteiger partial charge in [0.05, 0.1) is 11.6 Å². The van der Waals surface area contributed by atoms with Gasteiger partial charge in [0.2, 0.25) is 0 Å². The number of hydrogen-bond donors (Lipinski definition) is 1. The van der Waals surface area contributed by atoms with Crippen LogP contribution >= 0.6 is 0 Å². The van der Waals surface area contributed by atoms with E-state index >= 15 is 0 Å². The number of aliphatic hydroxyl groups excluding tert-OH is 1. The fourth-order valence-corrected chi connectivity index (χ4v) is 4.19. The predicted molar refractivity (Wildman–Crippen MR) is 118 cm³/mol. The highest BCUT2D eigenvalue weighted by Crippen LogP contribution is 2.42. The number of rotatable bonds is 4. The molecule has 2 heterocycles. The molecule has 0 aromatic heterocycles. The van der Waals surface area contributed by atoms with Crippen molar-refractivity contribution in [3.63, 3.8) is 0 Å². The number of aliphatic hydroxyl groups is 1. The SMILES string of the molecule is O=C1C(=O)N(Cc2ccccc2)[C@H](c2ccccc2F)/C1=C(\O)c1ccc2c(c1)OCCO2. The Morgan fingerprint density at radius 2 is 1.64 bits per heavy atom. The molecular formula is C26H20FNO5. The Balaban J connectivity index is 1.65. The fourth-order valence-electron chi connectivity index (χ4n) is 4.19. The number of nitrogens with zero attached hydrogens (tertiary/aromatic N) is 1. The topological polar surface area (TPSA) is 76.1 Å². The molecular weight excluding hydrogens is 425 g/mol. The molecule has 6 nitrogen and oxygen atoms in total. The first kappa shape index (κ1) is 20.8. The van der Waals surface area contributed by atoms with Gasteiger partial charge in [-0.1, -0.05) is 48.5 Å². The van der Waals surface area contributed by atoms with Crippen molar-refractivity contribution in [2.45, 2.75) is 12.6 Å². The number of hydrogen-bond acceptors (Lipinski definition) is 5. The fraction of sp³-hybridized carbons (Fsp3) is 0.154. The first-order valence-electron chi connectivity index (χ1n) is 10.5. The van der Waals surface area contributed by atoms with Crippen molar-refractivity contribution in [1.82, 2.24) is 4.90 Å². The van der Waals surface area contributed by atoms with Crippen molar-refractivity contribution in [1.29, 1.82) is 0 Å². The van der Waals surface area contributed by atoms with E-state index in [4.69, 9.17) is 9.47 Å². The number of ketones is 1. The number of likely N-dealkylation sites (tertiary alicyclic amines) is 1. The number of Topliss-reactive ketones (excluding diaryl/α,β-unsaturated/α-hetero) is 1. The van der Waals surface area contributed by atoms with E-state index in [2.05, 4.69) is 0 Å². The molecule has 0 saturated carbocycles. The standard InChI is InChI=1S/C26H20FNO5/c27-19-9-5-4-8-18(19)23-22(24(29)17-10-11-20-21(14-17)33-13-12-32-20)25(30)26(31)28(23)15-16-6-2-1-3-7-16/h1-11,14,23,29H,12-13,15H2/b24-22+/t23-/m1/s1. The van der Waals surface area contributed by atoms with E-state index in [0.29, 0.717) is 24.7 Å². The summed E-state index contributed by atoms with van der Waals surface area (Å²) in [6, 6.07) is 18.7. The zero-order chi connectivity index (χ0) is 22.9. The van der Waals surface area contributed by atoms with Gasteiger partial charge < -0.3 is 19.5 Å². The quantitative estimate of drug-likeness (QED) is 0.370. The van der Waals surface area contributed by atoms with Crippen molar-refractivity contribution in [2.24, 2.45) is 0 Å². The molecule has 0 radical (unpaired) electrons. The van der Waals surface area contributed by atoms with Gasteiger partial charge in [0, 0.05) is 17.7 Å². The van der Waals surface area contributed by atoms with Crippen LogP contribution in [0.25, 0.3) is 5.76 Å². The third-order valence-corrected chi connectivity index (χ3v) is 5.75. The van der Waals surface area contributed by atoms with Crippen LogP contribution in [0.4, 0.5) is 4.39 Å². The molecule has 7 heteroatoms. The first-order valence-corrected chi connectivity index (χ1v) is 10.5. The maximum atomic E-state index is 14.9. The lowest BCUT2D eigenvalue weighted by molar-refractivity contribution is -0.140. The zero-order valence-electron chi connectivity index (χ0n) is 17.5. The van der Waals surface area contributed by atoms with Gasteiger partial charge in [-0.2, -0.15) is 0 Å². The molecule has 1 N–H and O–H groups in total. The molecule has 3 aromatic rings. The van der Waals surface area contributed by atoms with E-state index in [1.54, 1.807) is 24.3 Å². The van der Waals surface area contributed by atoms with Crippen LogP contribution in [-0.4, -0.2) is 34.9 Å². The summed E-state index contributed by atoms with van der Waals surface area (Å²) in [7, 11) is 0. The highest BCUT2D eigenvalue weighted by Gasteiger charge is 2.47. The molecule has 2 aliphatic heterocycles. The summed E-state index contributed by atoms with van der Waals surface area (Å²) in [6.07, 6.45) is 0. The van der Waals surface area contributed by atoms with Gasteiger partial charge in [-0.15, -0.1) is 0 Å². The molecule has 3 aromatic carbocycles. The predicted octanol–water partition coefficient (Wildman–Crippen LogP) is 4.22. The number of carbonyl (C=O) groups is 2. The number of ether oxygens (including phenoxy) is 2. The van der Waals surface area contributed by atoms with Crippen molar-refractivity contribution in [3.8, 4) is 11.5 Å². The smallest absolute Gasteiger partial charge is 0.295 e. The molecule has 33 heavy (non-hydrogen) atoms. The minimum atomic E-state index is -1.08. The highest BCUT2D eigenvalue weighted by atomic mass is 19.1. The first-order chi connectivity index (χ1) is 16.0. The summed E-state index contributed by atoms with van der Waals surface area (Å²) >= 11 is 0. The normalized spacial score (nSPS) is 19.1. The Morgan fingerprint density at radius 1 is 0.939 bits per heavy atom. The minimum Gasteiger partial charge on any atom is -0.507 e.